The van der Waals surface area contributed by atoms with Crippen molar-refractivity contribution in [2.75, 3.05) is 40.2 Å². The van der Waals surface area contributed by atoms with Gasteiger partial charge in [0.25, 0.3) is 0 Å². The largest absolute Gasteiger partial charge is 0.506 e. The average Bonchev–Trinajstić information content (AvgIpc) is 1.58. The van der Waals surface area contributed by atoms with Gasteiger partial charge in [0.05, 0.1) is 97.9 Å². The van der Waals surface area contributed by atoms with Gasteiger partial charge >= 0.3 is 0 Å². The topological polar surface area (TPSA) is 251 Å². The maximum atomic E-state index is 13.8. The molecule has 0 saturated heterocycles. The first-order chi connectivity index (χ1) is 52.3. The minimum Gasteiger partial charge on any atom is -0.506 e. The zero-order valence-electron chi connectivity index (χ0n) is 65.1. The van der Waals surface area contributed by atoms with Crippen molar-refractivity contribution in [2.24, 2.45) is 67.0 Å². The lowest BCUT2D eigenvalue weighted by molar-refractivity contribution is 0.0152. The van der Waals surface area contributed by atoms with Crippen LogP contribution >= 0.6 is 11.6 Å². The normalized spacial score (nSPS) is 28.6. The minimum absolute atomic E-state index is 0.0333. The van der Waals surface area contributed by atoms with Crippen LogP contribution in [0.1, 0.15) is 138 Å². The molecule has 12 atom stereocenters. The molecule has 0 spiro atoms. The van der Waals surface area contributed by atoms with Crippen molar-refractivity contribution in [1.29, 1.82) is 0 Å². The fourth-order valence-corrected chi connectivity index (χ4v) is 31.5. The Morgan fingerprint density at radius 2 is 0.568 bits per heavy atom. The summed E-state index contributed by atoms with van der Waals surface area (Å²) < 4.78 is 116. The lowest BCUT2D eigenvalue weighted by Gasteiger charge is -2.41. The number of rotatable bonds is 20. The highest BCUT2D eigenvalue weighted by molar-refractivity contribution is 7.94. The lowest BCUT2D eigenvalue weighted by atomic mass is 9.70. The zero-order valence-corrected chi connectivity index (χ0v) is 69.1. The molecular weight excluding hydrogens is 1500 g/mol. The highest BCUT2D eigenvalue weighted by Crippen LogP contribution is 2.70. The molecule has 0 heterocycles. The number of para-hydroxylation sites is 8. The maximum absolute atomic E-state index is 13.8. The molecule has 0 amide bonds. The number of phenols is 1. The second-order valence-corrected chi connectivity index (χ2v) is 42.7. The Kier molecular flexibility index (Phi) is 22.4. The number of aliphatic hydroxyl groups is 4. The van der Waals surface area contributed by atoms with Crippen molar-refractivity contribution in [3.8, 4) is 5.75 Å². The third-order valence-electron chi connectivity index (χ3n) is 28.8. The van der Waals surface area contributed by atoms with Crippen LogP contribution in [0.3, 0.4) is 0 Å². The number of fused-ring (bicyclic) bond motifs is 8. The number of anilines is 8. The number of aryl methyl sites for hydroxylation is 1. The van der Waals surface area contributed by atoms with Gasteiger partial charge in [0.2, 0.25) is 40.1 Å². The molecule has 8 aliphatic rings. The number of aromatic hydroxyl groups is 1. The molecule has 111 heavy (non-hydrogen) atoms. The van der Waals surface area contributed by atoms with E-state index >= 15 is 0 Å². The quantitative estimate of drug-likeness (QED) is 0.0477. The number of halogens is 1. The van der Waals surface area contributed by atoms with Crippen LogP contribution < -0.4 is 17.2 Å². The van der Waals surface area contributed by atoms with Crippen molar-refractivity contribution < 1.29 is 59.2 Å². The first kappa shape index (κ1) is 81.7. The SMILES string of the molecule is CC1(C)C2CCC1(CS(=O)(=O)N(c1ccccc1)c1ccccc1)C(O)C2.CC1(C)C2CCC1(CS(=O)(=O)N(c1ccccc1)c1ccccc1Cl)C(O)C2.CC1(C)C2CCC1(CS(=O)(=O)N(c1ccccc1)c1ccccc1O)C(O)C2.Cc1cccc(N(c2ccccc2)S(=O)(=O)CC23CCC(CC2O)C3(C)C)c1. The lowest BCUT2D eigenvalue weighted by Crippen LogP contribution is -2.47. The molecule has 8 aliphatic carbocycles. The summed E-state index contributed by atoms with van der Waals surface area (Å²) in [6.45, 7) is 18.9. The van der Waals surface area contributed by atoms with E-state index in [1.54, 1.807) is 78.9 Å². The molecule has 8 aromatic carbocycles. The summed E-state index contributed by atoms with van der Waals surface area (Å²) in [4.78, 5) is 0. The smallest absolute Gasteiger partial charge is 0.240 e. The van der Waals surface area contributed by atoms with Gasteiger partial charge < -0.3 is 25.5 Å². The van der Waals surface area contributed by atoms with Gasteiger partial charge in [0.15, 0.2) is 0 Å². The molecule has 12 unspecified atom stereocenters. The molecule has 17 nitrogen and oxygen atoms in total. The summed E-state index contributed by atoms with van der Waals surface area (Å²) in [5.41, 5.74) is 1.89. The third kappa shape index (κ3) is 14.4. The number of nitrogens with zero attached hydrogens (tertiary/aromatic N) is 4. The van der Waals surface area contributed by atoms with Crippen LogP contribution in [-0.2, 0) is 40.1 Å². The second kappa shape index (κ2) is 30.5. The molecule has 16 rings (SSSR count). The van der Waals surface area contributed by atoms with Crippen LogP contribution in [0, 0.1) is 73.9 Å². The Hall–Kier alpha value is -7.31. The summed E-state index contributed by atoms with van der Waals surface area (Å²) >= 11 is 6.40. The van der Waals surface area contributed by atoms with Crippen LogP contribution in [0.15, 0.2) is 224 Å². The Morgan fingerprint density at radius 1 is 0.324 bits per heavy atom. The van der Waals surface area contributed by atoms with E-state index in [9.17, 15) is 59.2 Å². The Bertz CT molecular complexity index is 4910. The highest BCUT2D eigenvalue weighted by atomic mass is 35.5. The highest BCUT2D eigenvalue weighted by Gasteiger charge is 2.69. The number of phenolic OH excluding ortho intramolecular Hbond substituents is 1. The molecule has 0 aliphatic heterocycles. The van der Waals surface area contributed by atoms with Gasteiger partial charge in [-0.25, -0.2) is 50.9 Å². The number of hydrogen-bond acceptors (Lipinski definition) is 13. The van der Waals surface area contributed by atoms with Crippen LogP contribution in [0.5, 0.6) is 5.75 Å². The standard InChI is InChI=1S/C23H29NO3S.C22H26ClNO3S.C22H27NO4S.C22H27NO3S/c1-17-8-7-11-20(14-17)24(19-9-5-4-6-10-19)28(26,27)16-23-13-12-18(15-21(23)25)22(23,2)3;1-21(2)16-12-13-22(21,20(25)14-16)15-28(26,27)24(17-8-4-3-5-9-17)19-11-7-6-10-18(19)23;1-21(2)16-12-13-22(21,20(25)14-16)15-28(26,27)23(17-8-4-3-5-9-17)18-10-6-7-11-19(18)24;1-21(2)17-13-14-22(21,20(24)15-17)16-27(25,26)23(18-9-5-3-6-10-18)19-11-7-4-8-12-19/h4-11,14,18,21,25H,12-13,15-16H2,1-3H3;3-11,16,20,25H,12-15H2,1-2H3;3-11,16,20,24-25H,12-15H2,1-2H3;3-12,17,20,24H,13-16H2,1-2H3. The first-order valence-electron chi connectivity index (χ1n) is 39.0. The van der Waals surface area contributed by atoms with Crippen molar-refractivity contribution in [3.05, 3.63) is 235 Å². The van der Waals surface area contributed by atoms with Crippen LogP contribution in [0.4, 0.5) is 45.5 Å². The summed E-state index contributed by atoms with van der Waals surface area (Å²) in [5.74, 6) is 1.09. The Balaban J connectivity index is 0.000000130. The summed E-state index contributed by atoms with van der Waals surface area (Å²) in [7, 11) is -15.1. The fourth-order valence-electron chi connectivity index (χ4n) is 21.7. The third-order valence-corrected chi connectivity index (χ3v) is 36.5. The van der Waals surface area contributed by atoms with Gasteiger partial charge in [0.1, 0.15) is 5.75 Å². The molecule has 0 aromatic heterocycles. The molecular formula is C89H109ClN4O13S4. The molecule has 0 radical (unpaired) electrons. The van der Waals surface area contributed by atoms with Gasteiger partial charge in [-0.05, 0) is 232 Å². The fraction of sp³-hybridized carbons (Fsp3) is 0.461. The maximum Gasteiger partial charge on any atom is 0.240 e. The van der Waals surface area contributed by atoms with E-state index in [4.69, 9.17) is 11.6 Å². The van der Waals surface area contributed by atoms with E-state index in [1.807, 2.05) is 146 Å². The predicted molar refractivity (Wildman–Crippen MR) is 445 cm³/mol. The van der Waals surface area contributed by atoms with Crippen molar-refractivity contribution in [3.63, 3.8) is 0 Å². The zero-order chi connectivity index (χ0) is 79.8. The molecule has 22 heteroatoms. The van der Waals surface area contributed by atoms with Gasteiger partial charge in [-0.15, -0.1) is 0 Å². The van der Waals surface area contributed by atoms with Gasteiger partial charge in [-0.2, -0.15) is 0 Å². The average molecular weight is 1610 g/mol. The van der Waals surface area contributed by atoms with Crippen molar-refractivity contribution in [1.82, 2.24) is 0 Å². The van der Waals surface area contributed by atoms with Crippen molar-refractivity contribution in [2.45, 2.75) is 164 Å². The van der Waals surface area contributed by atoms with Crippen LogP contribution in [0.2, 0.25) is 5.02 Å². The van der Waals surface area contributed by atoms with Gasteiger partial charge in [-0.3, -0.25) is 0 Å². The van der Waals surface area contributed by atoms with E-state index in [0.29, 0.717) is 101 Å². The van der Waals surface area contributed by atoms with E-state index in [-0.39, 0.29) is 56.1 Å². The first-order valence-corrected chi connectivity index (χ1v) is 45.8. The minimum atomic E-state index is -3.87. The Labute approximate surface area is 663 Å². The monoisotopic (exact) mass is 1600 g/mol. The summed E-state index contributed by atoms with van der Waals surface area (Å²) in [5, 5.41) is 54.1. The summed E-state index contributed by atoms with van der Waals surface area (Å²) in [6, 6.07) is 66.5. The number of hydrogen-bond donors (Lipinski definition) is 5. The molecule has 594 valence electrons. The van der Waals surface area contributed by atoms with Gasteiger partial charge in [0, 0.05) is 21.7 Å². The number of aliphatic hydroxyl groups excluding tert-OH is 4. The van der Waals surface area contributed by atoms with E-state index in [1.165, 1.54) is 23.3 Å². The van der Waals surface area contributed by atoms with Crippen LogP contribution in [0.25, 0.3) is 0 Å². The van der Waals surface area contributed by atoms with E-state index in [2.05, 4.69) is 55.4 Å². The second-order valence-electron chi connectivity index (χ2n) is 35.0. The van der Waals surface area contributed by atoms with E-state index < -0.39 is 86.2 Å². The molecule has 8 bridgehead atoms. The summed E-state index contributed by atoms with van der Waals surface area (Å²) in [6.07, 6.45) is 7.28. The molecule has 8 fully saturated rings. The Morgan fingerprint density at radius 3 is 0.838 bits per heavy atom. The van der Waals surface area contributed by atoms with Gasteiger partial charge in [-0.1, -0.05) is 194 Å². The van der Waals surface area contributed by atoms with E-state index in [0.717, 1.165) is 50.5 Å². The number of benzene rings is 8. The molecule has 8 aromatic rings. The predicted octanol–water partition coefficient (Wildman–Crippen LogP) is 18.0. The van der Waals surface area contributed by atoms with Crippen molar-refractivity contribution >= 4 is 97.2 Å². The van der Waals surface area contributed by atoms with Crippen LogP contribution in [-0.4, -0.2) is 107 Å². The molecule has 5 N–H and O–H groups in total. The molecule has 8 saturated carbocycles. The number of sulfonamides is 4.